The van der Waals surface area contributed by atoms with Crippen LogP contribution in [0.1, 0.15) is 31.2 Å². The van der Waals surface area contributed by atoms with Gasteiger partial charge in [0.2, 0.25) is 5.91 Å². The summed E-state index contributed by atoms with van der Waals surface area (Å²) in [4.78, 5) is 14.0. The number of benzene rings is 1. The molecule has 0 unspecified atom stereocenters. The molecule has 2 rings (SSSR count). The Kier molecular flexibility index (Phi) is 9.18. The summed E-state index contributed by atoms with van der Waals surface area (Å²) in [6.07, 6.45) is 3.06. The Morgan fingerprint density at radius 3 is 2.67 bits per heavy atom. The summed E-state index contributed by atoms with van der Waals surface area (Å²) in [5, 5.41) is 0. The van der Waals surface area contributed by atoms with Crippen molar-refractivity contribution in [1.82, 2.24) is 4.90 Å². The number of nitrogens with zero attached hydrogens (tertiary/aromatic N) is 1. The Labute approximate surface area is 147 Å². The average Bonchev–Trinajstić information content (AvgIpc) is 2.56. The third-order valence-corrected chi connectivity index (χ3v) is 4.11. The predicted molar refractivity (Wildman–Crippen MR) is 91.2 cm³/mol. The van der Waals surface area contributed by atoms with E-state index in [0.29, 0.717) is 26.2 Å². The molecule has 0 aliphatic carbocycles. The molecule has 24 heavy (non-hydrogen) atoms. The molecule has 0 atom stereocenters. The van der Waals surface area contributed by atoms with E-state index in [0.717, 1.165) is 37.5 Å². The number of likely N-dealkylation sites (tertiary alicyclic amines) is 1. The van der Waals surface area contributed by atoms with Crippen LogP contribution in [0.4, 0.5) is 8.78 Å². The smallest absolute Gasteiger partial charge is 0.222 e. The van der Waals surface area contributed by atoms with Crippen molar-refractivity contribution in [3.05, 3.63) is 35.4 Å². The van der Waals surface area contributed by atoms with Gasteiger partial charge in [-0.3, -0.25) is 4.79 Å². The lowest BCUT2D eigenvalue weighted by Gasteiger charge is -2.32. The second-order valence-electron chi connectivity index (χ2n) is 5.83. The molecular weight excluding hydrogens is 338 g/mol. The lowest BCUT2D eigenvalue weighted by Crippen LogP contribution is -2.41. The van der Waals surface area contributed by atoms with E-state index in [1.807, 2.05) is 0 Å². The van der Waals surface area contributed by atoms with Gasteiger partial charge < -0.3 is 15.4 Å². The molecule has 1 aliphatic rings. The van der Waals surface area contributed by atoms with Gasteiger partial charge in [-0.1, -0.05) is 0 Å². The molecule has 136 valence electrons. The number of hydrogen-bond acceptors (Lipinski definition) is 3. The second-order valence-corrected chi connectivity index (χ2v) is 5.83. The molecular formula is C17H25ClF2N2O2. The van der Waals surface area contributed by atoms with E-state index in [1.165, 1.54) is 0 Å². The van der Waals surface area contributed by atoms with Gasteiger partial charge in [0.15, 0.2) is 0 Å². The Bertz CT molecular complexity index is 523. The number of nitrogens with two attached hydrogens (primary N) is 1. The highest BCUT2D eigenvalue weighted by Gasteiger charge is 2.23. The van der Waals surface area contributed by atoms with Crippen LogP contribution in [0, 0.1) is 11.6 Å². The van der Waals surface area contributed by atoms with Crippen LogP contribution >= 0.6 is 12.4 Å². The zero-order valence-electron chi connectivity index (χ0n) is 13.7. The van der Waals surface area contributed by atoms with Crippen molar-refractivity contribution in [3.8, 4) is 0 Å². The largest absolute Gasteiger partial charge is 0.378 e. The van der Waals surface area contributed by atoms with Gasteiger partial charge in [0.1, 0.15) is 11.6 Å². The van der Waals surface area contributed by atoms with Crippen LogP contribution in [-0.4, -0.2) is 43.2 Å². The summed E-state index contributed by atoms with van der Waals surface area (Å²) in [7, 11) is 0. The third kappa shape index (κ3) is 6.34. The second kappa shape index (κ2) is 10.6. The average molecular weight is 363 g/mol. The minimum atomic E-state index is -0.482. The van der Waals surface area contributed by atoms with Crippen LogP contribution in [0.5, 0.6) is 0 Å². The molecule has 1 saturated heterocycles. The van der Waals surface area contributed by atoms with Crippen molar-refractivity contribution in [2.75, 3.05) is 26.2 Å². The fraction of sp³-hybridized carbons (Fsp3) is 0.588. The number of rotatable bonds is 7. The van der Waals surface area contributed by atoms with Crippen LogP contribution in [0.15, 0.2) is 18.2 Å². The molecule has 1 amide bonds. The summed E-state index contributed by atoms with van der Waals surface area (Å²) in [6.45, 7) is 2.58. The highest BCUT2D eigenvalue weighted by Crippen LogP contribution is 2.17. The van der Waals surface area contributed by atoms with E-state index in [4.69, 9.17) is 10.5 Å². The lowest BCUT2D eigenvalue weighted by molar-refractivity contribution is -0.133. The van der Waals surface area contributed by atoms with E-state index in [1.54, 1.807) is 4.90 Å². The van der Waals surface area contributed by atoms with Crippen LogP contribution in [0.2, 0.25) is 0 Å². The number of aryl methyl sites for hydroxylation is 1. The van der Waals surface area contributed by atoms with Crippen molar-refractivity contribution >= 4 is 18.3 Å². The van der Waals surface area contributed by atoms with Gasteiger partial charge in [-0.15, -0.1) is 12.4 Å². The molecule has 0 radical (unpaired) electrons. The van der Waals surface area contributed by atoms with Crippen LogP contribution < -0.4 is 5.73 Å². The first-order valence-electron chi connectivity index (χ1n) is 8.13. The zero-order valence-corrected chi connectivity index (χ0v) is 14.5. The Morgan fingerprint density at radius 1 is 1.29 bits per heavy atom. The van der Waals surface area contributed by atoms with Crippen LogP contribution in [0.3, 0.4) is 0 Å². The van der Waals surface area contributed by atoms with E-state index in [-0.39, 0.29) is 42.8 Å². The van der Waals surface area contributed by atoms with Gasteiger partial charge in [0.05, 0.1) is 6.10 Å². The van der Waals surface area contributed by atoms with Crippen molar-refractivity contribution < 1.29 is 18.3 Å². The quantitative estimate of drug-likeness (QED) is 0.759. The minimum Gasteiger partial charge on any atom is -0.378 e. The topological polar surface area (TPSA) is 55.6 Å². The SMILES string of the molecule is Cl.NCCCOC1CCN(C(=O)CCc2cc(F)ccc2F)CC1. The minimum absolute atomic E-state index is 0. The predicted octanol–water partition coefficient (Wildman–Crippen LogP) is 2.68. The fourth-order valence-corrected chi connectivity index (χ4v) is 2.74. The Hall–Kier alpha value is -1.24. The maximum Gasteiger partial charge on any atom is 0.222 e. The first-order chi connectivity index (χ1) is 11.1. The monoisotopic (exact) mass is 362 g/mol. The van der Waals surface area contributed by atoms with E-state index < -0.39 is 11.6 Å². The summed E-state index contributed by atoms with van der Waals surface area (Å²) >= 11 is 0. The Balaban J connectivity index is 0.00000288. The zero-order chi connectivity index (χ0) is 16.7. The number of piperidine rings is 1. The van der Waals surface area contributed by atoms with E-state index in [2.05, 4.69) is 0 Å². The van der Waals surface area contributed by atoms with E-state index in [9.17, 15) is 13.6 Å². The highest BCUT2D eigenvalue weighted by atomic mass is 35.5. The summed E-state index contributed by atoms with van der Waals surface area (Å²) in [6, 6.07) is 3.33. The molecule has 1 fully saturated rings. The van der Waals surface area contributed by atoms with E-state index >= 15 is 0 Å². The number of carbonyl (C=O) groups is 1. The maximum atomic E-state index is 13.5. The van der Waals surface area contributed by atoms with Gasteiger partial charge in [0.25, 0.3) is 0 Å². The summed E-state index contributed by atoms with van der Waals surface area (Å²) in [5.41, 5.74) is 5.67. The molecule has 0 bridgehead atoms. The molecule has 0 spiro atoms. The standard InChI is InChI=1S/C17H24F2N2O2.ClH/c18-14-3-4-16(19)13(12-14)2-5-17(22)21-9-6-15(7-10-21)23-11-1-8-20;/h3-4,12,15H,1-2,5-11,20H2;1H. The summed E-state index contributed by atoms with van der Waals surface area (Å²) < 4.78 is 32.4. The number of ether oxygens (including phenoxy) is 1. The molecule has 7 heteroatoms. The molecule has 1 aromatic rings. The van der Waals surface area contributed by atoms with Crippen molar-refractivity contribution in [1.29, 1.82) is 0 Å². The van der Waals surface area contributed by atoms with Crippen molar-refractivity contribution in [2.24, 2.45) is 5.73 Å². The third-order valence-electron chi connectivity index (χ3n) is 4.11. The molecule has 1 heterocycles. The van der Waals surface area contributed by atoms with Crippen molar-refractivity contribution in [3.63, 3.8) is 0 Å². The molecule has 2 N–H and O–H groups in total. The molecule has 1 aliphatic heterocycles. The normalized spacial score (nSPS) is 15.2. The number of hydrogen-bond donors (Lipinski definition) is 1. The maximum absolute atomic E-state index is 13.5. The van der Waals surface area contributed by atoms with Gasteiger partial charge in [0, 0.05) is 26.1 Å². The molecule has 1 aromatic carbocycles. The van der Waals surface area contributed by atoms with Crippen LogP contribution in [-0.2, 0) is 16.0 Å². The van der Waals surface area contributed by atoms with Crippen LogP contribution in [0.25, 0.3) is 0 Å². The number of carbonyl (C=O) groups excluding carboxylic acids is 1. The molecule has 0 aromatic heterocycles. The Morgan fingerprint density at radius 2 is 2.00 bits per heavy atom. The van der Waals surface area contributed by atoms with Gasteiger partial charge in [-0.2, -0.15) is 0 Å². The first kappa shape index (κ1) is 20.8. The molecule has 0 saturated carbocycles. The van der Waals surface area contributed by atoms with Gasteiger partial charge in [-0.25, -0.2) is 8.78 Å². The molecule has 4 nitrogen and oxygen atoms in total. The van der Waals surface area contributed by atoms with Crippen molar-refractivity contribution in [2.45, 2.75) is 38.2 Å². The van der Waals surface area contributed by atoms with Gasteiger partial charge >= 0.3 is 0 Å². The fourth-order valence-electron chi connectivity index (χ4n) is 2.74. The number of halogens is 3. The number of amides is 1. The summed E-state index contributed by atoms with van der Waals surface area (Å²) in [5.74, 6) is -0.968. The van der Waals surface area contributed by atoms with Gasteiger partial charge in [-0.05, 0) is 56.0 Å². The first-order valence-corrected chi connectivity index (χ1v) is 8.13. The highest BCUT2D eigenvalue weighted by molar-refractivity contribution is 5.85. The lowest BCUT2D eigenvalue weighted by atomic mass is 10.1.